The Morgan fingerprint density at radius 3 is 0.967 bits per heavy atom. The number of nitrogen functional groups attached to an aromatic ring is 1. The first-order chi connectivity index (χ1) is 56.5. The maximum atomic E-state index is 11.9. The van der Waals surface area contributed by atoms with Crippen LogP contribution in [-0.4, -0.2) is 277 Å². The number of nitrogens with zero attached hydrogens (tertiary/aromatic N) is 7. The molecular formula is C93H176N8O14S6. The topological polar surface area (TPSA) is 291 Å². The van der Waals surface area contributed by atoms with Crippen LogP contribution in [0.2, 0.25) is 0 Å². The molecule has 4 aromatic rings. The molecular weight excluding hydrogens is 1650 g/mol. The van der Waals surface area contributed by atoms with Crippen molar-refractivity contribution in [1.29, 1.82) is 0 Å². The molecule has 4 saturated heterocycles. The van der Waals surface area contributed by atoms with Gasteiger partial charge in [0.05, 0.1) is 70.9 Å². The van der Waals surface area contributed by atoms with Gasteiger partial charge in [-0.3, -0.25) is 19.5 Å². The van der Waals surface area contributed by atoms with E-state index in [4.69, 9.17) is 10.8 Å². The minimum atomic E-state index is -3.18. The molecule has 8 rings (SSSR count). The summed E-state index contributed by atoms with van der Waals surface area (Å²) < 4.78 is 141. The molecule has 708 valence electrons. The van der Waals surface area contributed by atoms with Gasteiger partial charge in [-0.25, -0.2) is 50.5 Å². The van der Waals surface area contributed by atoms with Gasteiger partial charge in [0, 0.05) is 117 Å². The van der Waals surface area contributed by atoms with Gasteiger partial charge in [0.2, 0.25) is 5.91 Å². The number of hydrogen-bond acceptors (Lipinski definition) is 21. The van der Waals surface area contributed by atoms with E-state index in [0.717, 1.165) is 103 Å². The van der Waals surface area contributed by atoms with Crippen LogP contribution in [0.25, 0.3) is 0 Å². The highest BCUT2D eigenvalue weighted by molar-refractivity contribution is 7.93. The average molecular weight is 1820 g/mol. The number of benzene rings is 4. The van der Waals surface area contributed by atoms with Crippen molar-refractivity contribution >= 4 is 76.3 Å². The number of anilines is 2. The molecule has 121 heavy (non-hydrogen) atoms. The minimum Gasteiger partial charge on any atom is -0.399 e. The zero-order chi connectivity index (χ0) is 93.8. The molecule has 1 amide bonds. The third kappa shape index (κ3) is 56.3. The number of aliphatic hydroxyl groups excluding tert-OH is 1. The Kier molecular flexibility index (Phi) is 69.6. The van der Waals surface area contributed by atoms with Crippen LogP contribution in [0.4, 0.5) is 11.4 Å². The summed E-state index contributed by atoms with van der Waals surface area (Å²) in [5.41, 5.74) is 9.70. The molecule has 0 saturated carbocycles. The van der Waals surface area contributed by atoms with Gasteiger partial charge in [0.15, 0.2) is 59.0 Å². The first-order valence-corrected chi connectivity index (χ1v) is 55.0. The van der Waals surface area contributed by atoms with Gasteiger partial charge in [-0.05, 0) is 201 Å². The Labute approximate surface area is 743 Å². The SMILES string of the molecule is CC(=O)N1CCN(CCS(=O)(=O)C(C)C)CC1.CC(C)S(=O)(=O)CCN1CCC(Cc2ccccc2)CC1.CC(C)S(=O)(=O)CCN1CCC(c2ccccc2)CC1.CC(C)S(=O)(=O)CCN1CCN(CCO)CC1.CC(C)S(=O)(=O)c1cccc(N(C)C)c1.CC(C)S(=O)(=O)c1cccc(N)c1.CCC.CCC.CCC.CCC.CCC.CCC. The number of β-amino-alcohol motifs (C(OH)–C–C–N with tert-alkyl or cyclic N) is 1. The van der Waals surface area contributed by atoms with Gasteiger partial charge in [-0.2, -0.15) is 0 Å². The smallest absolute Gasteiger partial charge is 0.219 e. The molecule has 4 fully saturated rings. The summed E-state index contributed by atoms with van der Waals surface area (Å²) in [5, 5.41) is 6.93. The Bertz CT molecular complexity index is 3900. The van der Waals surface area contributed by atoms with Crippen molar-refractivity contribution in [3.8, 4) is 0 Å². The Morgan fingerprint density at radius 2 is 0.669 bits per heavy atom. The lowest BCUT2D eigenvalue weighted by Gasteiger charge is -2.34. The van der Waals surface area contributed by atoms with Crippen LogP contribution in [0.5, 0.6) is 0 Å². The fourth-order valence-electron chi connectivity index (χ4n) is 11.4. The lowest BCUT2D eigenvalue weighted by atomic mass is 9.89. The van der Waals surface area contributed by atoms with Crippen LogP contribution in [0.1, 0.15) is 254 Å². The van der Waals surface area contributed by atoms with E-state index in [1.165, 1.54) is 68.6 Å². The van der Waals surface area contributed by atoms with Crippen LogP contribution in [0, 0.1) is 5.92 Å². The van der Waals surface area contributed by atoms with Crippen molar-refractivity contribution in [2.75, 3.05) is 166 Å². The number of sulfone groups is 6. The van der Waals surface area contributed by atoms with Crippen LogP contribution in [0.3, 0.4) is 0 Å². The second-order valence-corrected chi connectivity index (χ2v) is 49.0. The Morgan fingerprint density at radius 1 is 0.380 bits per heavy atom. The summed E-state index contributed by atoms with van der Waals surface area (Å²) in [5.74, 6) is 2.53. The molecule has 0 aliphatic carbocycles. The van der Waals surface area contributed by atoms with E-state index in [1.807, 2.05) is 25.1 Å². The summed E-state index contributed by atoms with van der Waals surface area (Å²) in [7, 11) is -14.2. The molecule has 4 aliphatic heterocycles. The van der Waals surface area contributed by atoms with Gasteiger partial charge >= 0.3 is 0 Å². The van der Waals surface area contributed by atoms with Crippen molar-refractivity contribution < 1.29 is 60.4 Å². The molecule has 0 atom stereocenters. The monoisotopic (exact) mass is 1820 g/mol. The zero-order valence-electron chi connectivity index (χ0n) is 80.8. The normalized spacial score (nSPS) is 15.3. The molecule has 0 unspecified atom stereocenters. The zero-order valence-corrected chi connectivity index (χ0v) is 85.7. The summed E-state index contributed by atoms with van der Waals surface area (Å²) in [6.45, 7) is 61.9. The predicted octanol–water partition coefficient (Wildman–Crippen LogP) is 16.7. The van der Waals surface area contributed by atoms with E-state index in [9.17, 15) is 55.3 Å². The number of piperazine rings is 2. The first kappa shape index (κ1) is 123. The third-order valence-electron chi connectivity index (χ3n) is 19.4. The predicted molar refractivity (Wildman–Crippen MR) is 521 cm³/mol. The number of nitrogens with two attached hydrogens (primary N) is 1. The highest BCUT2D eigenvalue weighted by Gasteiger charge is 2.28. The number of carbonyl (C=O) groups is 1. The number of piperidine rings is 2. The number of hydrogen-bond donors (Lipinski definition) is 2. The maximum Gasteiger partial charge on any atom is 0.219 e. The van der Waals surface area contributed by atoms with Crippen LogP contribution < -0.4 is 10.6 Å². The van der Waals surface area contributed by atoms with E-state index in [2.05, 4.69) is 168 Å². The van der Waals surface area contributed by atoms with E-state index in [-0.39, 0.29) is 50.3 Å². The summed E-state index contributed by atoms with van der Waals surface area (Å²) in [6.07, 6.45) is 13.3. The third-order valence-corrected chi connectivity index (χ3v) is 32.4. The van der Waals surface area contributed by atoms with Gasteiger partial charge in [-0.1, -0.05) is 194 Å². The molecule has 4 aliphatic rings. The van der Waals surface area contributed by atoms with Crippen molar-refractivity contribution in [3.05, 3.63) is 120 Å². The van der Waals surface area contributed by atoms with Crippen LogP contribution >= 0.6 is 0 Å². The molecule has 0 aromatic heterocycles. The summed E-state index contributed by atoms with van der Waals surface area (Å²) in [4.78, 5) is 26.6. The Balaban J connectivity index is -0.000000654. The largest absolute Gasteiger partial charge is 0.399 e. The van der Waals surface area contributed by atoms with Crippen molar-refractivity contribution in [2.24, 2.45) is 5.92 Å². The maximum absolute atomic E-state index is 11.9. The first-order valence-electron chi connectivity index (χ1n) is 45.1. The molecule has 4 heterocycles. The lowest BCUT2D eigenvalue weighted by molar-refractivity contribution is -0.130. The van der Waals surface area contributed by atoms with Crippen LogP contribution in [-0.2, 0) is 70.2 Å². The van der Waals surface area contributed by atoms with Crippen molar-refractivity contribution in [3.63, 3.8) is 0 Å². The van der Waals surface area contributed by atoms with Gasteiger partial charge in [0.25, 0.3) is 0 Å². The van der Waals surface area contributed by atoms with E-state index in [1.54, 1.807) is 131 Å². The number of rotatable bonds is 26. The fraction of sp³-hybridized carbons (Fsp3) is 0.731. The highest BCUT2D eigenvalue weighted by Crippen LogP contribution is 2.28. The van der Waals surface area contributed by atoms with E-state index in [0.29, 0.717) is 72.2 Å². The van der Waals surface area contributed by atoms with Crippen molar-refractivity contribution in [2.45, 2.75) is 291 Å². The quantitative estimate of drug-likeness (QED) is 0.0552. The van der Waals surface area contributed by atoms with E-state index < -0.39 is 64.3 Å². The summed E-state index contributed by atoms with van der Waals surface area (Å²) in [6, 6.07) is 34.6. The Hall–Kier alpha value is -4.59. The number of aliphatic hydroxyl groups is 1. The van der Waals surface area contributed by atoms with Crippen molar-refractivity contribution in [1.82, 2.24) is 29.4 Å². The standard InChI is InChI=1S/C17H27NO2S.C16H25NO2S.C11H22N2O3S.C11H24N2O3S.C11H17NO2S.C9H13NO2S.6C3H8/c1-15(2)21(19,20)13-12-18-10-8-17(9-11-18)14-16-6-4-3-5-7-16;1-14(2)20(18,19)13-12-17-10-8-16(9-11-17)15-6-4-3-5-7-15;1-10(2)17(15,16)9-8-12-4-6-13(7-5-12)11(3)14;1-11(2)17(15,16)10-8-13-5-3-12(4-6-13)7-9-14;1-9(2)15(13,14)11-7-5-6-10(8-11)12(3)4;1-7(2)13(11,12)9-5-3-4-8(10)6-9;6*1-3-2/h3-7,15,17H,8-14H2,1-2H3;3-7,14,16H,8-13H2,1-2H3;10H,4-9H2,1-3H3;11,14H,3-10H2,1-2H3;5-9H,1-4H3;3-7H,10H2,1-2H3;6*3H2,1-2H3. The number of carbonyl (C=O) groups excluding carboxylic acids is 1. The fourth-order valence-corrected chi connectivity index (χ4v) is 17.5. The minimum absolute atomic E-state index is 0.0967. The van der Waals surface area contributed by atoms with E-state index >= 15 is 0 Å². The molecule has 28 heteroatoms. The molecule has 4 aromatic carbocycles. The summed E-state index contributed by atoms with van der Waals surface area (Å²) >= 11 is 0. The van der Waals surface area contributed by atoms with Crippen LogP contribution in [0.15, 0.2) is 119 Å². The molecule has 0 spiro atoms. The number of amides is 1. The average Bonchev–Trinajstić information content (AvgIpc) is 0.823. The second kappa shape index (κ2) is 68.6. The second-order valence-electron chi connectivity index (χ2n) is 33.3. The highest BCUT2D eigenvalue weighted by atomic mass is 32.2. The van der Waals surface area contributed by atoms with Gasteiger partial charge in [-0.15, -0.1) is 0 Å². The molecule has 22 nitrogen and oxygen atoms in total. The molecule has 3 N–H and O–H groups in total. The van der Waals surface area contributed by atoms with Gasteiger partial charge < -0.3 is 30.4 Å². The lowest BCUT2D eigenvalue weighted by Crippen LogP contribution is -2.49. The number of likely N-dealkylation sites (tertiary alicyclic amines) is 2. The molecule has 0 bridgehead atoms. The molecule has 0 radical (unpaired) electrons. The van der Waals surface area contributed by atoms with Gasteiger partial charge in [0.1, 0.15) is 0 Å².